The second kappa shape index (κ2) is 8.57. The van der Waals surface area contributed by atoms with Crippen molar-refractivity contribution in [3.05, 3.63) is 18.0 Å². The third kappa shape index (κ3) is 5.64. The maximum atomic E-state index is 12.1. The van der Waals surface area contributed by atoms with E-state index in [0.29, 0.717) is 31.0 Å². The summed E-state index contributed by atoms with van der Waals surface area (Å²) in [6.45, 7) is 4.07. The van der Waals surface area contributed by atoms with E-state index in [1.165, 1.54) is 12.4 Å². The number of hydrogen-bond donors (Lipinski definition) is 1. The van der Waals surface area contributed by atoms with Gasteiger partial charge in [-0.2, -0.15) is 0 Å². The zero-order valence-electron chi connectivity index (χ0n) is 15.1. The fourth-order valence-corrected chi connectivity index (χ4v) is 4.60. The Morgan fingerprint density at radius 2 is 2.00 bits per heavy atom. The number of anilines is 1. The average Bonchev–Trinajstić information content (AvgIpc) is 2.92. The molecule has 2 rings (SSSR count). The van der Waals surface area contributed by atoms with Gasteiger partial charge in [-0.1, -0.05) is 0 Å². The number of hydrogen-bond acceptors (Lipinski definition) is 7. The predicted molar refractivity (Wildman–Crippen MR) is 97.6 cm³/mol. The smallest absolute Gasteiger partial charge is 0.254 e. The number of nitrogens with zero attached hydrogens (tertiary/aromatic N) is 4. The number of aromatic nitrogens is 2. The van der Waals surface area contributed by atoms with Gasteiger partial charge in [-0.25, -0.2) is 18.4 Å². The van der Waals surface area contributed by atoms with E-state index < -0.39 is 9.84 Å². The Balaban J connectivity index is 1.95. The zero-order chi connectivity index (χ0) is 18.4. The molecule has 1 N–H and O–H groups in total. The lowest BCUT2D eigenvalue weighted by molar-refractivity contribution is 0.0951. The Morgan fingerprint density at radius 3 is 2.52 bits per heavy atom. The van der Waals surface area contributed by atoms with E-state index in [9.17, 15) is 13.2 Å². The summed E-state index contributed by atoms with van der Waals surface area (Å²) < 4.78 is 23.4. The van der Waals surface area contributed by atoms with Crippen LogP contribution in [0, 0.1) is 0 Å². The van der Waals surface area contributed by atoms with Crippen LogP contribution >= 0.6 is 0 Å². The van der Waals surface area contributed by atoms with Gasteiger partial charge in [0.15, 0.2) is 9.84 Å². The first-order valence-electron chi connectivity index (χ1n) is 8.54. The molecule has 0 aliphatic carbocycles. The van der Waals surface area contributed by atoms with Crippen molar-refractivity contribution in [3.8, 4) is 0 Å². The first-order chi connectivity index (χ1) is 11.8. The molecule has 1 fully saturated rings. The van der Waals surface area contributed by atoms with E-state index in [-0.39, 0.29) is 23.5 Å². The maximum Gasteiger partial charge on any atom is 0.254 e. The molecular weight excluding hydrogens is 342 g/mol. The first-order valence-corrected chi connectivity index (χ1v) is 10.4. The molecule has 1 saturated heterocycles. The normalized spacial score (nSPS) is 19.1. The highest BCUT2D eigenvalue weighted by atomic mass is 32.2. The van der Waals surface area contributed by atoms with Crippen LogP contribution in [0.5, 0.6) is 0 Å². The molecule has 1 aromatic rings. The number of carbonyl (C=O) groups is 1. The summed E-state index contributed by atoms with van der Waals surface area (Å²) in [7, 11) is 1.02. The molecule has 0 aromatic carbocycles. The van der Waals surface area contributed by atoms with Gasteiger partial charge in [-0.05, 0) is 40.4 Å². The largest absolute Gasteiger partial charge is 0.352 e. The van der Waals surface area contributed by atoms with Crippen LogP contribution in [0.2, 0.25) is 0 Å². The number of nitrogens with one attached hydrogen (secondary N) is 1. The van der Waals surface area contributed by atoms with Crippen molar-refractivity contribution in [1.82, 2.24) is 20.2 Å². The van der Waals surface area contributed by atoms with Crippen LogP contribution in [-0.2, 0) is 9.84 Å². The Kier molecular flexibility index (Phi) is 6.71. The van der Waals surface area contributed by atoms with Crippen molar-refractivity contribution in [1.29, 1.82) is 0 Å². The highest BCUT2D eigenvalue weighted by Crippen LogP contribution is 2.21. The fraction of sp³-hybridized carbons (Fsp3) is 0.688. The molecule has 1 aromatic heterocycles. The van der Waals surface area contributed by atoms with E-state index in [2.05, 4.69) is 20.2 Å². The predicted octanol–water partition coefficient (Wildman–Crippen LogP) is 0.172. The van der Waals surface area contributed by atoms with Gasteiger partial charge in [-0.15, -0.1) is 0 Å². The number of sulfone groups is 1. The minimum absolute atomic E-state index is 0.0966. The number of carbonyl (C=O) groups excluding carboxylic acids is 1. The average molecular weight is 369 g/mol. The highest BCUT2D eigenvalue weighted by molar-refractivity contribution is 7.91. The van der Waals surface area contributed by atoms with Crippen molar-refractivity contribution >= 4 is 21.7 Å². The van der Waals surface area contributed by atoms with Crippen LogP contribution in [0.25, 0.3) is 0 Å². The van der Waals surface area contributed by atoms with Gasteiger partial charge < -0.3 is 15.1 Å². The van der Waals surface area contributed by atoms with Crippen LogP contribution in [0.15, 0.2) is 12.4 Å². The monoisotopic (exact) mass is 369 g/mol. The summed E-state index contributed by atoms with van der Waals surface area (Å²) in [6, 6.07) is -0.0966. The molecular formula is C16H27N5O3S. The van der Waals surface area contributed by atoms with Gasteiger partial charge >= 0.3 is 0 Å². The topological polar surface area (TPSA) is 95.5 Å². The van der Waals surface area contributed by atoms with Crippen LogP contribution in [0.1, 0.15) is 30.1 Å². The van der Waals surface area contributed by atoms with Gasteiger partial charge in [0.05, 0.1) is 17.1 Å². The van der Waals surface area contributed by atoms with Gasteiger partial charge in [0.2, 0.25) is 5.95 Å². The molecule has 25 heavy (non-hydrogen) atoms. The molecule has 1 aliphatic heterocycles. The molecule has 1 aliphatic rings. The summed E-state index contributed by atoms with van der Waals surface area (Å²) in [4.78, 5) is 24.6. The molecule has 1 amide bonds. The molecule has 1 unspecified atom stereocenters. The van der Waals surface area contributed by atoms with Crippen molar-refractivity contribution in [2.45, 2.75) is 25.8 Å². The molecule has 8 nitrogen and oxygen atoms in total. The van der Waals surface area contributed by atoms with Crippen LogP contribution < -0.4 is 10.2 Å². The zero-order valence-corrected chi connectivity index (χ0v) is 15.9. The lowest BCUT2D eigenvalue weighted by Gasteiger charge is -2.26. The molecule has 1 atom stereocenters. The van der Waals surface area contributed by atoms with Crippen molar-refractivity contribution in [2.75, 3.05) is 50.1 Å². The minimum Gasteiger partial charge on any atom is -0.352 e. The summed E-state index contributed by atoms with van der Waals surface area (Å²) in [6.07, 6.45) is 4.45. The third-order valence-corrected chi connectivity index (χ3v) is 5.97. The molecule has 2 heterocycles. The highest BCUT2D eigenvalue weighted by Gasteiger charge is 2.32. The molecule has 0 bridgehead atoms. The summed E-state index contributed by atoms with van der Waals surface area (Å²) in [5, 5.41) is 2.84. The Bertz CT molecular complexity index is 676. The summed E-state index contributed by atoms with van der Waals surface area (Å²) in [5.74, 6) is 0.616. The lowest BCUT2D eigenvalue weighted by atomic mass is 10.2. The second-order valence-corrected chi connectivity index (χ2v) is 8.76. The molecule has 0 spiro atoms. The van der Waals surface area contributed by atoms with Gasteiger partial charge in [-0.3, -0.25) is 4.79 Å². The standard InChI is InChI=1S/C16H27N5O3S/c1-4-21(14-6-9-25(23,24)12-14)16-18-10-13(11-19-16)15(22)17-7-5-8-20(2)3/h10-11,14H,4-9,12H2,1-3H3,(H,17,22). The Morgan fingerprint density at radius 1 is 1.32 bits per heavy atom. The number of rotatable bonds is 8. The van der Waals surface area contributed by atoms with E-state index in [1.54, 1.807) is 0 Å². The van der Waals surface area contributed by atoms with Crippen LogP contribution in [0.3, 0.4) is 0 Å². The van der Waals surface area contributed by atoms with Gasteiger partial charge in [0.1, 0.15) is 0 Å². The Labute approximate surface area is 149 Å². The summed E-state index contributed by atoms with van der Waals surface area (Å²) in [5.41, 5.74) is 0.406. The fourth-order valence-electron chi connectivity index (χ4n) is 2.87. The van der Waals surface area contributed by atoms with Gasteiger partial charge in [0, 0.05) is 31.5 Å². The van der Waals surface area contributed by atoms with Gasteiger partial charge in [0.25, 0.3) is 5.91 Å². The van der Waals surface area contributed by atoms with E-state index in [1.807, 2.05) is 25.9 Å². The summed E-state index contributed by atoms with van der Waals surface area (Å²) >= 11 is 0. The molecule has 0 radical (unpaired) electrons. The molecule has 9 heteroatoms. The lowest BCUT2D eigenvalue weighted by Crippen LogP contribution is -2.37. The van der Waals surface area contributed by atoms with Crippen molar-refractivity contribution in [3.63, 3.8) is 0 Å². The first kappa shape index (κ1) is 19.6. The minimum atomic E-state index is -2.96. The number of amides is 1. The molecule has 140 valence electrons. The quantitative estimate of drug-likeness (QED) is 0.653. The SMILES string of the molecule is CCN(c1ncc(C(=O)NCCCN(C)C)cn1)C1CCS(=O)(=O)C1. The second-order valence-electron chi connectivity index (χ2n) is 6.53. The van der Waals surface area contributed by atoms with E-state index >= 15 is 0 Å². The van der Waals surface area contributed by atoms with Crippen molar-refractivity contribution < 1.29 is 13.2 Å². The van der Waals surface area contributed by atoms with Crippen LogP contribution in [0.4, 0.5) is 5.95 Å². The van der Waals surface area contributed by atoms with E-state index in [4.69, 9.17) is 0 Å². The maximum absolute atomic E-state index is 12.1. The third-order valence-electron chi connectivity index (χ3n) is 4.21. The van der Waals surface area contributed by atoms with Crippen LogP contribution in [-0.4, -0.2) is 80.5 Å². The molecule has 0 saturated carbocycles. The Hall–Kier alpha value is -1.74. The van der Waals surface area contributed by atoms with E-state index in [0.717, 1.165) is 13.0 Å². The van der Waals surface area contributed by atoms with Crippen molar-refractivity contribution in [2.24, 2.45) is 0 Å².